The molecule has 118 valence electrons. The van der Waals surface area contributed by atoms with Crippen LogP contribution in [0, 0.1) is 0 Å². The third-order valence-corrected chi connectivity index (χ3v) is 3.72. The Balaban J connectivity index is 1.60. The Morgan fingerprint density at radius 1 is 1.41 bits per heavy atom. The van der Waals surface area contributed by atoms with Gasteiger partial charge in [0, 0.05) is 31.5 Å². The average Bonchev–Trinajstić information content (AvgIpc) is 3.17. The molecule has 0 bridgehead atoms. The van der Waals surface area contributed by atoms with Crippen LogP contribution in [0.2, 0.25) is 0 Å². The number of halogens is 2. The SMILES string of the molecule is FC(F)Oc1ccccc1N1CC[C@@H](NCc2ncc[nH]2)C1. The van der Waals surface area contributed by atoms with Gasteiger partial charge in [0.05, 0.1) is 12.2 Å². The number of hydrogen-bond donors (Lipinski definition) is 2. The molecule has 2 N–H and O–H groups in total. The second-order valence-corrected chi connectivity index (χ2v) is 5.19. The Kier molecular flexibility index (Phi) is 4.53. The topological polar surface area (TPSA) is 53.2 Å². The van der Waals surface area contributed by atoms with Gasteiger partial charge in [-0.25, -0.2) is 4.98 Å². The average molecular weight is 308 g/mol. The summed E-state index contributed by atoms with van der Waals surface area (Å²) < 4.78 is 29.6. The van der Waals surface area contributed by atoms with Crippen LogP contribution in [0.5, 0.6) is 5.75 Å². The molecule has 1 fully saturated rings. The lowest BCUT2D eigenvalue weighted by molar-refractivity contribution is -0.0495. The molecule has 1 aromatic carbocycles. The van der Waals surface area contributed by atoms with E-state index in [1.807, 2.05) is 12.1 Å². The van der Waals surface area contributed by atoms with Crippen LogP contribution in [0.15, 0.2) is 36.7 Å². The van der Waals surface area contributed by atoms with Gasteiger partial charge >= 0.3 is 6.61 Å². The molecule has 1 aliphatic heterocycles. The van der Waals surface area contributed by atoms with E-state index < -0.39 is 6.61 Å². The summed E-state index contributed by atoms with van der Waals surface area (Å²) in [6.45, 7) is -0.582. The number of imidazole rings is 1. The molecule has 2 heterocycles. The molecular weight excluding hydrogens is 290 g/mol. The molecule has 1 aliphatic rings. The number of benzene rings is 1. The summed E-state index contributed by atoms with van der Waals surface area (Å²) in [6, 6.07) is 7.21. The van der Waals surface area contributed by atoms with Crippen molar-refractivity contribution in [3.63, 3.8) is 0 Å². The summed E-state index contributed by atoms with van der Waals surface area (Å²) >= 11 is 0. The van der Waals surface area contributed by atoms with Gasteiger partial charge in [0.1, 0.15) is 11.6 Å². The predicted octanol–water partition coefficient (Wildman–Crippen LogP) is 2.38. The fraction of sp³-hybridized carbons (Fsp3) is 0.400. The number of alkyl halides is 2. The Bertz CT molecular complexity index is 591. The van der Waals surface area contributed by atoms with Gasteiger partial charge in [-0.1, -0.05) is 12.1 Å². The van der Waals surface area contributed by atoms with E-state index in [1.165, 1.54) is 0 Å². The first-order chi connectivity index (χ1) is 10.7. The largest absolute Gasteiger partial charge is 0.433 e. The van der Waals surface area contributed by atoms with Crippen molar-refractivity contribution in [1.82, 2.24) is 15.3 Å². The van der Waals surface area contributed by atoms with Crippen molar-refractivity contribution in [2.45, 2.75) is 25.6 Å². The number of rotatable bonds is 6. The molecule has 0 saturated carbocycles. The third kappa shape index (κ3) is 3.54. The van der Waals surface area contributed by atoms with Gasteiger partial charge in [-0.3, -0.25) is 0 Å². The number of nitrogens with zero attached hydrogens (tertiary/aromatic N) is 2. The van der Waals surface area contributed by atoms with Crippen molar-refractivity contribution < 1.29 is 13.5 Å². The van der Waals surface area contributed by atoms with Crippen LogP contribution in [0.25, 0.3) is 0 Å². The number of anilines is 1. The van der Waals surface area contributed by atoms with Crippen molar-refractivity contribution in [3.8, 4) is 5.75 Å². The predicted molar refractivity (Wildman–Crippen MR) is 79.1 cm³/mol. The lowest BCUT2D eigenvalue weighted by Gasteiger charge is -2.22. The van der Waals surface area contributed by atoms with Crippen molar-refractivity contribution in [2.24, 2.45) is 0 Å². The maximum Gasteiger partial charge on any atom is 0.387 e. The molecule has 1 saturated heterocycles. The molecule has 0 spiro atoms. The fourth-order valence-corrected chi connectivity index (χ4v) is 2.70. The van der Waals surface area contributed by atoms with Crippen molar-refractivity contribution >= 4 is 5.69 Å². The zero-order valence-electron chi connectivity index (χ0n) is 12.0. The van der Waals surface area contributed by atoms with Gasteiger partial charge in [-0.15, -0.1) is 0 Å². The minimum atomic E-state index is -2.81. The van der Waals surface area contributed by atoms with Crippen LogP contribution in [0.1, 0.15) is 12.2 Å². The summed E-state index contributed by atoms with van der Waals surface area (Å²) in [5.41, 5.74) is 0.713. The molecule has 2 aromatic rings. The maximum absolute atomic E-state index is 12.5. The first-order valence-electron chi connectivity index (χ1n) is 7.23. The van der Waals surface area contributed by atoms with E-state index >= 15 is 0 Å². The molecule has 0 radical (unpaired) electrons. The highest BCUT2D eigenvalue weighted by atomic mass is 19.3. The lowest BCUT2D eigenvalue weighted by Crippen LogP contribution is -2.32. The number of aromatic amines is 1. The first kappa shape index (κ1) is 14.8. The number of H-pyrrole nitrogens is 1. The molecule has 0 aliphatic carbocycles. The van der Waals surface area contributed by atoms with Gasteiger partial charge in [-0.05, 0) is 18.6 Å². The lowest BCUT2D eigenvalue weighted by atomic mass is 10.2. The van der Waals surface area contributed by atoms with E-state index in [4.69, 9.17) is 0 Å². The van der Waals surface area contributed by atoms with Crippen molar-refractivity contribution in [3.05, 3.63) is 42.5 Å². The van der Waals surface area contributed by atoms with E-state index in [-0.39, 0.29) is 5.75 Å². The van der Waals surface area contributed by atoms with Crippen LogP contribution < -0.4 is 15.0 Å². The van der Waals surface area contributed by atoms with Gasteiger partial charge in [0.2, 0.25) is 0 Å². The highest BCUT2D eigenvalue weighted by Crippen LogP contribution is 2.31. The highest BCUT2D eigenvalue weighted by Gasteiger charge is 2.25. The standard InChI is InChI=1S/C15H18F2N4O/c16-15(17)22-13-4-2-1-3-12(13)21-8-5-11(10-21)20-9-14-18-6-7-19-14/h1-4,6-7,11,15,20H,5,8-10H2,(H,18,19)/t11-/m1/s1. The van der Waals surface area contributed by atoms with Gasteiger partial charge in [0.15, 0.2) is 0 Å². The molecule has 3 rings (SSSR count). The van der Waals surface area contributed by atoms with E-state index in [1.54, 1.807) is 24.5 Å². The number of para-hydroxylation sites is 2. The van der Waals surface area contributed by atoms with Crippen molar-refractivity contribution in [2.75, 3.05) is 18.0 Å². The van der Waals surface area contributed by atoms with Gasteiger partial charge < -0.3 is 19.9 Å². The minimum absolute atomic E-state index is 0.226. The Labute approximate surface area is 127 Å². The molecule has 0 amide bonds. The third-order valence-electron chi connectivity index (χ3n) is 3.72. The summed E-state index contributed by atoms with van der Waals surface area (Å²) in [4.78, 5) is 9.28. The van der Waals surface area contributed by atoms with E-state index in [0.717, 1.165) is 25.3 Å². The zero-order valence-corrected chi connectivity index (χ0v) is 12.0. The van der Waals surface area contributed by atoms with Crippen LogP contribution >= 0.6 is 0 Å². The monoisotopic (exact) mass is 308 g/mol. The fourth-order valence-electron chi connectivity index (χ4n) is 2.70. The number of nitrogens with one attached hydrogen (secondary N) is 2. The molecule has 1 atom stereocenters. The quantitative estimate of drug-likeness (QED) is 0.860. The molecule has 7 heteroatoms. The summed E-state index contributed by atoms with van der Waals surface area (Å²) in [7, 11) is 0. The van der Waals surface area contributed by atoms with E-state index in [9.17, 15) is 8.78 Å². The van der Waals surface area contributed by atoms with Crippen LogP contribution in [0.4, 0.5) is 14.5 Å². The number of hydrogen-bond acceptors (Lipinski definition) is 4. The second-order valence-electron chi connectivity index (χ2n) is 5.19. The number of aromatic nitrogens is 2. The number of ether oxygens (including phenoxy) is 1. The molecular formula is C15H18F2N4O. The zero-order chi connectivity index (χ0) is 15.4. The van der Waals surface area contributed by atoms with Crippen LogP contribution in [-0.2, 0) is 6.54 Å². The summed E-state index contributed by atoms with van der Waals surface area (Å²) in [6.07, 6.45) is 4.45. The Morgan fingerprint density at radius 2 is 2.27 bits per heavy atom. The highest BCUT2D eigenvalue weighted by molar-refractivity contribution is 5.59. The normalized spacial score (nSPS) is 18.1. The molecule has 1 aromatic heterocycles. The first-order valence-corrected chi connectivity index (χ1v) is 7.23. The molecule has 22 heavy (non-hydrogen) atoms. The Morgan fingerprint density at radius 3 is 3.05 bits per heavy atom. The van der Waals surface area contributed by atoms with E-state index in [2.05, 4.69) is 24.9 Å². The van der Waals surface area contributed by atoms with Gasteiger partial charge in [-0.2, -0.15) is 8.78 Å². The maximum atomic E-state index is 12.5. The van der Waals surface area contributed by atoms with Gasteiger partial charge in [0.25, 0.3) is 0 Å². The smallest absolute Gasteiger partial charge is 0.387 e. The second kappa shape index (κ2) is 6.74. The molecule has 5 nitrogen and oxygen atoms in total. The summed E-state index contributed by atoms with van der Waals surface area (Å²) in [5, 5.41) is 3.42. The Hall–Kier alpha value is -2.15. The van der Waals surface area contributed by atoms with E-state index in [0.29, 0.717) is 18.3 Å². The van der Waals surface area contributed by atoms with Crippen molar-refractivity contribution in [1.29, 1.82) is 0 Å². The van der Waals surface area contributed by atoms with Crippen LogP contribution in [-0.4, -0.2) is 35.7 Å². The molecule has 0 unspecified atom stereocenters. The van der Waals surface area contributed by atoms with Crippen LogP contribution in [0.3, 0.4) is 0 Å². The minimum Gasteiger partial charge on any atom is -0.433 e. The summed E-state index contributed by atoms with van der Waals surface area (Å²) in [5.74, 6) is 1.11.